The number of aliphatic carboxylic acids is 1. The molecule has 18 heavy (non-hydrogen) atoms. The second-order valence-corrected chi connectivity index (χ2v) is 6.93. The minimum Gasteiger partial charge on any atom is -0.481 e. The van der Waals surface area contributed by atoms with Gasteiger partial charge < -0.3 is 10.1 Å². The molecule has 2 atom stereocenters. The monoisotopic (exact) mass is 245 g/mol. The lowest BCUT2D eigenvalue weighted by atomic mass is 9.43. The minimum atomic E-state index is -0.545. The summed E-state index contributed by atoms with van der Waals surface area (Å²) in [7, 11) is 0. The number of carboxylic acid groups (broad SMARTS) is 1. The lowest BCUT2D eigenvalue weighted by Crippen LogP contribution is -2.56. The molecule has 3 nitrogen and oxygen atoms in total. The number of H-pyrrole nitrogens is 1. The van der Waals surface area contributed by atoms with E-state index < -0.39 is 11.4 Å². The third kappa shape index (κ3) is 1.22. The Morgan fingerprint density at radius 2 is 2.00 bits per heavy atom. The summed E-state index contributed by atoms with van der Waals surface area (Å²) in [5.74, 6) is 0.728. The van der Waals surface area contributed by atoms with Crippen molar-refractivity contribution >= 4 is 5.97 Å². The predicted molar refractivity (Wildman–Crippen MR) is 67.2 cm³/mol. The van der Waals surface area contributed by atoms with E-state index >= 15 is 0 Å². The van der Waals surface area contributed by atoms with Crippen LogP contribution in [-0.4, -0.2) is 16.1 Å². The molecule has 2 N–H and O–H groups in total. The van der Waals surface area contributed by atoms with Crippen molar-refractivity contribution in [2.75, 3.05) is 0 Å². The highest BCUT2D eigenvalue weighted by molar-refractivity contribution is 5.75. The van der Waals surface area contributed by atoms with Gasteiger partial charge in [-0.1, -0.05) is 0 Å². The number of hydrogen-bond acceptors (Lipinski definition) is 1. The largest absolute Gasteiger partial charge is 0.481 e. The summed E-state index contributed by atoms with van der Waals surface area (Å²) in [6.07, 6.45) is 10.4. The second-order valence-electron chi connectivity index (χ2n) is 6.93. The standard InChI is InChI=1S/C15H19NO2/c17-13(18)15-6-10-3-11(7-15)5-14(4-10,9-15)12-1-2-16-8-12/h1-2,8,10-11,16H,3-7,9H2,(H,17,18). The fourth-order valence-corrected chi connectivity index (χ4v) is 5.50. The molecule has 1 aromatic rings. The summed E-state index contributed by atoms with van der Waals surface area (Å²) in [5, 5.41) is 9.68. The van der Waals surface area contributed by atoms with Gasteiger partial charge in [0, 0.05) is 12.4 Å². The number of nitrogens with one attached hydrogen (secondary N) is 1. The van der Waals surface area contributed by atoms with Crippen molar-refractivity contribution in [1.82, 2.24) is 4.98 Å². The van der Waals surface area contributed by atoms with E-state index in [2.05, 4.69) is 17.2 Å². The predicted octanol–water partition coefficient (Wildman–Crippen LogP) is 2.94. The molecule has 0 amide bonds. The Hall–Kier alpha value is -1.25. The summed E-state index contributed by atoms with van der Waals surface area (Å²) in [4.78, 5) is 14.9. The van der Waals surface area contributed by atoms with Gasteiger partial charge in [0.1, 0.15) is 0 Å². The first kappa shape index (κ1) is 10.7. The van der Waals surface area contributed by atoms with E-state index in [1.165, 1.54) is 24.8 Å². The maximum atomic E-state index is 11.8. The summed E-state index contributed by atoms with van der Waals surface area (Å²) >= 11 is 0. The van der Waals surface area contributed by atoms with Crippen LogP contribution in [0.1, 0.15) is 44.1 Å². The van der Waals surface area contributed by atoms with Crippen LogP contribution in [0.3, 0.4) is 0 Å². The zero-order valence-electron chi connectivity index (χ0n) is 10.5. The summed E-state index contributed by atoms with van der Waals surface area (Å²) < 4.78 is 0. The van der Waals surface area contributed by atoms with Gasteiger partial charge in [0.15, 0.2) is 0 Å². The van der Waals surface area contributed by atoms with E-state index in [9.17, 15) is 9.90 Å². The average molecular weight is 245 g/mol. The Morgan fingerprint density at radius 1 is 1.28 bits per heavy atom. The molecule has 4 fully saturated rings. The van der Waals surface area contributed by atoms with Crippen molar-refractivity contribution in [2.45, 2.75) is 43.9 Å². The van der Waals surface area contributed by atoms with Crippen LogP contribution in [-0.2, 0) is 10.2 Å². The number of hydrogen-bond donors (Lipinski definition) is 2. The zero-order chi connectivity index (χ0) is 12.4. The third-order valence-corrected chi connectivity index (χ3v) is 5.73. The zero-order valence-corrected chi connectivity index (χ0v) is 10.5. The lowest BCUT2D eigenvalue weighted by molar-refractivity contribution is -0.167. The Bertz CT molecular complexity index is 477. The van der Waals surface area contributed by atoms with E-state index in [-0.39, 0.29) is 5.41 Å². The molecule has 0 spiro atoms. The number of rotatable bonds is 2. The molecule has 1 aromatic heterocycles. The van der Waals surface area contributed by atoms with Gasteiger partial charge in [-0.15, -0.1) is 0 Å². The van der Waals surface area contributed by atoms with Gasteiger partial charge in [-0.3, -0.25) is 4.79 Å². The van der Waals surface area contributed by atoms with Crippen molar-refractivity contribution in [3.8, 4) is 0 Å². The Kier molecular flexibility index (Phi) is 1.89. The summed E-state index contributed by atoms with van der Waals surface area (Å²) in [6.45, 7) is 0. The van der Waals surface area contributed by atoms with Gasteiger partial charge >= 0.3 is 5.97 Å². The first-order valence-corrected chi connectivity index (χ1v) is 6.99. The Balaban J connectivity index is 1.81. The molecule has 4 bridgehead atoms. The van der Waals surface area contributed by atoms with Crippen LogP contribution >= 0.6 is 0 Å². The highest BCUT2D eigenvalue weighted by Gasteiger charge is 2.61. The number of aromatic nitrogens is 1. The molecular formula is C15H19NO2. The molecule has 96 valence electrons. The van der Waals surface area contributed by atoms with Crippen LogP contribution in [0.5, 0.6) is 0 Å². The second kappa shape index (κ2) is 3.19. The Morgan fingerprint density at radius 3 is 2.56 bits per heavy atom. The molecular weight excluding hydrogens is 226 g/mol. The molecule has 4 aliphatic carbocycles. The van der Waals surface area contributed by atoms with E-state index in [4.69, 9.17) is 0 Å². The van der Waals surface area contributed by atoms with Gasteiger partial charge in [0.05, 0.1) is 5.41 Å². The first-order chi connectivity index (χ1) is 8.62. The fourth-order valence-electron chi connectivity index (χ4n) is 5.50. The number of carbonyl (C=O) groups is 1. The van der Waals surface area contributed by atoms with Crippen LogP contribution in [0, 0.1) is 17.3 Å². The topological polar surface area (TPSA) is 53.1 Å². The third-order valence-electron chi connectivity index (χ3n) is 5.73. The maximum Gasteiger partial charge on any atom is 0.309 e. The van der Waals surface area contributed by atoms with Crippen molar-refractivity contribution in [1.29, 1.82) is 0 Å². The molecule has 0 aromatic carbocycles. The summed E-state index contributed by atoms with van der Waals surface area (Å²) in [5.41, 5.74) is 1.09. The Labute approximate surface area is 107 Å². The molecule has 0 saturated heterocycles. The molecule has 4 aliphatic rings. The number of aromatic amines is 1. The highest BCUT2D eigenvalue weighted by atomic mass is 16.4. The highest BCUT2D eigenvalue weighted by Crippen LogP contribution is 2.65. The van der Waals surface area contributed by atoms with Crippen LogP contribution in [0.15, 0.2) is 18.5 Å². The molecule has 0 radical (unpaired) electrons. The van der Waals surface area contributed by atoms with Gasteiger partial charge in [-0.25, -0.2) is 0 Å². The molecule has 4 saturated carbocycles. The van der Waals surface area contributed by atoms with Crippen molar-refractivity contribution in [3.63, 3.8) is 0 Å². The van der Waals surface area contributed by atoms with Gasteiger partial charge in [0.25, 0.3) is 0 Å². The minimum absolute atomic E-state index is 0.155. The normalized spacial score (nSPS) is 45.3. The molecule has 0 aliphatic heterocycles. The van der Waals surface area contributed by atoms with Crippen LogP contribution < -0.4 is 0 Å². The van der Waals surface area contributed by atoms with Gasteiger partial charge in [-0.05, 0) is 67.4 Å². The van der Waals surface area contributed by atoms with Crippen molar-refractivity contribution in [3.05, 3.63) is 24.0 Å². The molecule has 5 rings (SSSR count). The van der Waals surface area contributed by atoms with Crippen LogP contribution in [0.2, 0.25) is 0 Å². The fraction of sp³-hybridized carbons (Fsp3) is 0.667. The molecule has 2 unspecified atom stereocenters. The maximum absolute atomic E-state index is 11.8. The summed E-state index contributed by atoms with van der Waals surface area (Å²) in [6, 6.07) is 2.16. The van der Waals surface area contributed by atoms with E-state index in [0.717, 1.165) is 19.3 Å². The van der Waals surface area contributed by atoms with E-state index in [0.29, 0.717) is 11.8 Å². The van der Waals surface area contributed by atoms with Gasteiger partial charge in [-0.2, -0.15) is 0 Å². The first-order valence-electron chi connectivity index (χ1n) is 6.99. The van der Waals surface area contributed by atoms with E-state index in [1.54, 1.807) is 0 Å². The van der Waals surface area contributed by atoms with Crippen molar-refractivity contribution in [2.24, 2.45) is 17.3 Å². The SMILES string of the molecule is O=C(O)C12CC3CC(C1)CC(c1cc[nH]c1)(C3)C2. The molecule has 3 heteroatoms. The van der Waals surface area contributed by atoms with E-state index in [1.807, 2.05) is 6.20 Å². The average Bonchev–Trinajstić information content (AvgIpc) is 2.80. The molecule has 1 heterocycles. The quantitative estimate of drug-likeness (QED) is 0.841. The van der Waals surface area contributed by atoms with Crippen LogP contribution in [0.4, 0.5) is 0 Å². The van der Waals surface area contributed by atoms with Crippen molar-refractivity contribution < 1.29 is 9.90 Å². The smallest absolute Gasteiger partial charge is 0.309 e. The number of carboxylic acids is 1. The lowest BCUT2D eigenvalue weighted by Gasteiger charge is -2.60. The van der Waals surface area contributed by atoms with Gasteiger partial charge in [0.2, 0.25) is 0 Å². The van der Waals surface area contributed by atoms with Crippen LogP contribution in [0.25, 0.3) is 0 Å².